The predicted molar refractivity (Wildman–Crippen MR) is 90.4 cm³/mol. The van der Waals surface area contributed by atoms with Crippen molar-refractivity contribution in [3.8, 4) is 11.5 Å². The second-order valence-electron chi connectivity index (χ2n) is 6.50. The van der Waals surface area contributed by atoms with Crippen LogP contribution in [0.2, 0.25) is 0 Å². The summed E-state index contributed by atoms with van der Waals surface area (Å²) < 4.78 is 16.7. The van der Waals surface area contributed by atoms with Crippen LogP contribution in [0, 0.1) is 5.92 Å². The number of nitrogens with one attached hydrogen (secondary N) is 1. The topological polar surface area (TPSA) is 60.0 Å². The third-order valence-corrected chi connectivity index (χ3v) is 4.65. The van der Waals surface area contributed by atoms with Crippen LogP contribution in [0.5, 0.6) is 11.5 Å². The number of ether oxygens (including phenoxy) is 3. The van der Waals surface area contributed by atoms with E-state index in [9.17, 15) is 4.79 Å². The average molecular weight is 334 g/mol. The predicted octanol–water partition coefficient (Wildman–Crippen LogP) is 1.30. The summed E-state index contributed by atoms with van der Waals surface area (Å²) in [5.74, 6) is 1.70. The average Bonchev–Trinajstić information content (AvgIpc) is 3.05. The minimum atomic E-state index is -0.606. The molecule has 1 aromatic rings. The molecule has 0 radical (unpaired) electrons. The molecular formula is C18H26N2O4. The van der Waals surface area contributed by atoms with Gasteiger partial charge in [0.05, 0.1) is 6.61 Å². The summed E-state index contributed by atoms with van der Waals surface area (Å²) >= 11 is 0. The molecular weight excluding hydrogens is 308 g/mol. The standard InChI is InChI=1S/C18H26N2O4/c1-13-17(24-16-6-4-3-5-15(16)23-13)18(21)19-11-14-7-8-20(12-14)9-10-22-2/h3-6,13-14,17H,7-12H2,1-2H3,(H,19,21)/t13-,14+,17+/m0/s1. The van der Waals surface area contributed by atoms with E-state index in [1.807, 2.05) is 31.2 Å². The molecule has 6 nitrogen and oxygen atoms in total. The number of likely N-dealkylation sites (tertiary alicyclic amines) is 1. The molecule has 2 aliphatic rings. The number of fused-ring (bicyclic) bond motifs is 1. The van der Waals surface area contributed by atoms with Crippen molar-refractivity contribution in [2.45, 2.75) is 25.6 Å². The number of hydrogen-bond donors (Lipinski definition) is 1. The Morgan fingerprint density at radius 3 is 2.83 bits per heavy atom. The van der Waals surface area contributed by atoms with E-state index in [0.717, 1.165) is 32.7 Å². The van der Waals surface area contributed by atoms with Gasteiger partial charge in [-0.1, -0.05) is 12.1 Å². The van der Waals surface area contributed by atoms with Gasteiger partial charge in [-0.25, -0.2) is 0 Å². The lowest BCUT2D eigenvalue weighted by Crippen LogP contribution is -2.50. The van der Waals surface area contributed by atoms with Gasteiger partial charge in [-0.05, 0) is 37.9 Å². The van der Waals surface area contributed by atoms with Crippen molar-refractivity contribution in [3.63, 3.8) is 0 Å². The Hall–Kier alpha value is -1.79. The summed E-state index contributed by atoms with van der Waals surface area (Å²) in [6.45, 7) is 6.32. The van der Waals surface area contributed by atoms with E-state index < -0.39 is 6.10 Å². The lowest BCUT2D eigenvalue weighted by Gasteiger charge is -2.31. The highest BCUT2D eigenvalue weighted by Crippen LogP contribution is 2.33. The first-order valence-electron chi connectivity index (χ1n) is 8.58. The Bertz CT molecular complexity index is 566. The van der Waals surface area contributed by atoms with E-state index in [-0.39, 0.29) is 12.0 Å². The molecule has 3 rings (SSSR count). The van der Waals surface area contributed by atoms with Crippen molar-refractivity contribution >= 4 is 5.91 Å². The summed E-state index contributed by atoms with van der Waals surface area (Å²) in [5.41, 5.74) is 0. The molecule has 0 aromatic heterocycles. The van der Waals surface area contributed by atoms with Gasteiger partial charge in [0.15, 0.2) is 11.5 Å². The Morgan fingerprint density at radius 1 is 1.33 bits per heavy atom. The van der Waals surface area contributed by atoms with Crippen LogP contribution in [0.15, 0.2) is 24.3 Å². The van der Waals surface area contributed by atoms with Gasteiger partial charge in [-0.2, -0.15) is 0 Å². The van der Waals surface area contributed by atoms with Crippen molar-refractivity contribution in [2.24, 2.45) is 5.92 Å². The summed E-state index contributed by atoms with van der Waals surface area (Å²) in [4.78, 5) is 14.9. The largest absolute Gasteiger partial charge is 0.482 e. The van der Waals surface area contributed by atoms with Crippen molar-refractivity contribution in [2.75, 3.05) is 39.9 Å². The molecule has 24 heavy (non-hydrogen) atoms. The fourth-order valence-corrected chi connectivity index (χ4v) is 3.25. The second-order valence-corrected chi connectivity index (χ2v) is 6.50. The molecule has 2 heterocycles. The molecule has 0 aliphatic carbocycles. The summed E-state index contributed by atoms with van der Waals surface area (Å²) in [6, 6.07) is 7.45. The molecule has 1 aromatic carbocycles. The van der Waals surface area contributed by atoms with Crippen LogP contribution in [0.4, 0.5) is 0 Å². The number of amides is 1. The number of para-hydroxylation sites is 2. The van der Waals surface area contributed by atoms with Crippen LogP contribution in [0.25, 0.3) is 0 Å². The Kier molecular flexibility index (Phi) is 5.58. The van der Waals surface area contributed by atoms with Crippen LogP contribution >= 0.6 is 0 Å². The summed E-state index contributed by atoms with van der Waals surface area (Å²) in [6.07, 6.45) is 0.192. The smallest absolute Gasteiger partial charge is 0.265 e. The highest BCUT2D eigenvalue weighted by molar-refractivity contribution is 5.82. The van der Waals surface area contributed by atoms with E-state index in [4.69, 9.17) is 14.2 Å². The molecule has 1 N–H and O–H groups in total. The molecule has 0 spiro atoms. The van der Waals surface area contributed by atoms with E-state index in [1.54, 1.807) is 7.11 Å². The number of methoxy groups -OCH3 is 1. The molecule has 132 valence electrons. The van der Waals surface area contributed by atoms with E-state index in [1.165, 1.54) is 0 Å². The van der Waals surface area contributed by atoms with Gasteiger partial charge in [0.1, 0.15) is 6.10 Å². The summed E-state index contributed by atoms with van der Waals surface area (Å²) in [7, 11) is 1.72. The monoisotopic (exact) mass is 334 g/mol. The first-order valence-corrected chi connectivity index (χ1v) is 8.58. The number of rotatable bonds is 6. The number of hydrogen-bond acceptors (Lipinski definition) is 5. The first-order chi connectivity index (χ1) is 11.7. The number of carbonyl (C=O) groups excluding carboxylic acids is 1. The number of nitrogens with zero attached hydrogens (tertiary/aromatic N) is 1. The van der Waals surface area contributed by atoms with Gasteiger partial charge >= 0.3 is 0 Å². The maximum Gasteiger partial charge on any atom is 0.265 e. The van der Waals surface area contributed by atoms with Gasteiger partial charge in [0.2, 0.25) is 6.10 Å². The zero-order chi connectivity index (χ0) is 16.9. The lowest BCUT2D eigenvalue weighted by molar-refractivity contribution is -0.133. The third kappa shape index (κ3) is 3.99. The minimum absolute atomic E-state index is 0.104. The SMILES string of the molecule is COCCN1CC[C@H](CNC(=O)[C@@H]2Oc3ccccc3O[C@H]2C)C1. The van der Waals surface area contributed by atoms with Crippen molar-refractivity contribution in [1.82, 2.24) is 10.2 Å². The zero-order valence-corrected chi connectivity index (χ0v) is 14.4. The Balaban J connectivity index is 1.47. The molecule has 1 fully saturated rings. The van der Waals surface area contributed by atoms with Gasteiger partial charge in [0.25, 0.3) is 5.91 Å². The van der Waals surface area contributed by atoms with E-state index in [2.05, 4.69) is 10.2 Å². The molecule has 6 heteroatoms. The fourth-order valence-electron chi connectivity index (χ4n) is 3.25. The van der Waals surface area contributed by atoms with Crippen LogP contribution in [0.1, 0.15) is 13.3 Å². The lowest BCUT2D eigenvalue weighted by atomic mass is 10.1. The molecule has 2 aliphatic heterocycles. The maximum absolute atomic E-state index is 12.5. The van der Waals surface area contributed by atoms with Gasteiger partial charge < -0.3 is 24.4 Å². The fraction of sp³-hybridized carbons (Fsp3) is 0.611. The van der Waals surface area contributed by atoms with Crippen molar-refractivity contribution in [1.29, 1.82) is 0 Å². The Morgan fingerprint density at radius 2 is 2.08 bits per heavy atom. The molecule has 3 atom stereocenters. The number of carbonyl (C=O) groups is 1. The number of benzene rings is 1. The van der Waals surface area contributed by atoms with Crippen LogP contribution in [-0.2, 0) is 9.53 Å². The molecule has 1 saturated heterocycles. The molecule has 0 unspecified atom stereocenters. The molecule has 0 bridgehead atoms. The van der Waals surface area contributed by atoms with Crippen molar-refractivity contribution in [3.05, 3.63) is 24.3 Å². The normalized spacial score (nSPS) is 26.3. The van der Waals surface area contributed by atoms with Crippen LogP contribution in [0.3, 0.4) is 0 Å². The third-order valence-electron chi connectivity index (χ3n) is 4.65. The quantitative estimate of drug-likeness (QED) is 0.850. The Labute approximate surface area is 143 Å². The highest BCUT2D eigenvalue weighted by atomic mass is 16.6. The zero-order valence-electron chi connectivity index (χ0n) is 14.4. The van der Waals surface area contributed by atoms with E-state index in [0.29, 0.717) is 24.0 Å². The summed E-state index contributed by atoms with van der Waals surface area (Å²) in [5, 5.41) is 3.03. The second kappa shape index (κ2) is 7.85. The minimum Gasteiger partial charge on any atom is -0.482 e. The van der Waals surface area contributed by atoms with Crippen LogP contribution in [-0.4, -0.2) is 62.9 Å². The maximum atomic E-state index is 12.5. The van der Waals surface area contributed by atoms with E-state index >= 15 is 0 Å². The van der Waals surface area contributed by atoms with Gasteiger partial charge in [-0.3, -0.25) is 4.79 Å². The van der Waals surface area contributed by atoms with Gasteiger partial charge in [0, 0.05) is 26.7 Å². The van der Waals surface area contributed by atoms with Crippen molar-refractivity contribution < 1.29 is 19.0 Å². The highest BCUT2D eigenvalue weighted by Gasteiger charge is 2.34. The molecule has 0 saturated carbocycles. The molecule has 1 amide bonds. The van der Waals surface area contributed by atoms with Gasteiger partial charge in [-0.15, -0.1) is 0 Å². The first kappa shape index (κ1) is 17.0. The van der Waals surface area contributed by atoms with Crippen LogP contribution < -0.4 is 14.8 Å².